The number of thioether (sulfide) groups is 1. The average molecular weight is 413 g/mol. The van der Waals surface area contributed by atoms with E-state index in [-0.39, 0.29) is 0 Å². The van der Waals surface area contributed by atoms with E-state index in [1.807, 2.05) is 40.5 Å². The monoisotopic (exact) mass is 412 g/mol. The van der Waals surface area contributed by atoms with Gasteiger partial charge in [0.05, 0.1) is 20.0 Å². The summed E-state index contributed by atoms with van der Waals surface area (Å²) in [4.78, 5) is 0.825. The van der Waals surface area contributed by atoms with Crippen LogP contribution in [0.25, 0.3) is 4.96 Å². The highest BCUT2D eigenvalue weighted by Gasteiger charge is 2.13. The Bertz CT molecular complexity index is 1060. The molecule has 0 aliphatic carbocycles. The van der Waals surface area contributed by atoms with Crippen LogP contribution in [0, 0.1) is 0 Å². The third-order valence-electron chi connectivity index (χ3n) is 4.24. The summed E-state index contributed by atoms with van der Waals surface area (Å²) in [5.74, 6) is 4.04. The highest BCUT2D eigenvalue weighted by atomic mass is 32.2. The van der Waals surface area contributed by atoms with Crippen LogP contribution in [0.2, 0.25) is 0 Å². The van der Waals surface area contributed by atoms with Crippen LogP contribution in [0.3, 0.4) is 0 Å². The number of methoxy groups -OCH3 is 2. The fourth-order valence-electron chi connectivity index (χ4n) is 2.86. The summed E-state index contributed by atoms with van der Waals surface area (Å²) in [6.07, 6.45) is 0.713. The first-order valence-corrected chi connectivity index (χ1v) is 10.8. The molecule has 0 bridgehead atoms. The van der Waals surface area contributed by atoms with Crippen molar-refractivity contribution >= 4 is 28.1 Å². The van der Waals surface area contributed by atoms with Crippen molar-refractivity contribution in [3.8, 4) is 11.5 Å². The maximum atomic E-state index is 5.39. The first-order chi connectivity index (χ1) is 13.8. The second-order valence-electron chi connectivity index (χ2n) is 6.15. The predicted molar refractivity (Wildman–Crippen MR) is 112 cm³/mol. The number of hydrogen-bond acceptors (Lipinski definition) is 7. The lowest BCUT2D eigenvalue weighted by atomic mass is 10.1. The molecular weight excluding hydrogens is 392 g/mol. The van der Waals surface area contributed by atoms with Crippen molar-refractivity contribution in [2.45, 2.75) is 17.9 Å². The third kappa shape index (κ3) is 4.13. The summed E-state index contributed by atoms with van der Waals surface area (Å²) in [5.41, 5.74) is 2.42. The lowest BCUT2D eigenvalue weighted by molar-refractivity contribution is 0.354. The summed E-state index contributed by atoms with van der Waals surface area (Å²) in [6, 6.07) is 16.4. The van der Waals surface area contributed by atoms with Gasteiger partial charge in [-0.1, -0.05) is 47.7 Å². The average Bonchev–Trinajstić information content (AvgIpc) is 3.29. The molecule has 8 heteroatoms. The Morgan fingerprint density at radius 2 is 1.75 bits per heavy atom. The zero-order valence-corrected chi connectivity index (χ0v) is 17.3. The normalized spacial score (nSPS) is 11.1. The first kappa shape index (κ1) is 18.8. The topological polar surface area (TPSA) is 61.5 Å². The number of ether oxygens (including phenoxy) is 2. The third-order valence-corrected chi connectivity index (χ3v) is 6.14. The lowest BCUT2D eigenvalue weighted by Gasteiger charge is -2.08. The molecule has 2 aromatic carbocycles. The molecule has 0 aliphatic rings. The Morgan fingerprint density at radius 3 is 2.54 bits per heavy atom. The van der Waals surface area contributed by atoms with E-state index in [2.05, 4.69) is 34.5 Å². The molecule has 0 radical (unpaired) electrons. The summed E-state index contributed by atoms with van der Waals surface area (Å²) >= 11 is 3.38. The van der Waals surface area contributed by atoms with Gasteiger partial charge in [-0.05, 0) is 23.3 Å². The molecule has 2 aromatic heterocycles. The van der Waals surface area contributed by atoms with E-state index in [0.717, 1.165) is 44.4 Å². The van der Waals surface area contributed by atoms with Gasteiger partial charge in [-0.25, -0.2) is 0 Å². The van der Waals surface area contributed by atoms with Crippen molar-refractivity contribution in [3.63, 3.8) is 0 Å². The van der Waals surface area contributed by atoms with E-state index in [9.17, 15) is 0 Å². The van der Waals surface area contributed by atoms with Crippen LogP contribution in [0.5, 0.6) is 11.5 Å². The van der Waals surface area contributed by atoms with E-state index in [1.54, 1.807) is 25.6 Å². The number of nitrogens with zero attached hydrogens (tertiary/aromatic N) is 4. The van der Waals surface area contributed by atoms with Crippen LogP contribution in [0.1, 0.15) is 22.0 Å². The van der Waals surface area contributed by atoms with Gasteiger partial charge in [-0.3, -0.25) is 0 Å². The summed E-state index contributed by atoms with van der Waals surface area (Å²) in [7, 11) is 3.28. The molecule has 6 nitrogen and oxygen atoms in total. The summed E-state index contributed by atoms with van der Waals surface area (Å²) in [6.45, 7) is 0. The van der Waals surface area contributed by atoms with Crippen molar-refractivity contribution in [2.75, 3.05) is 14.2 Å². The smallest absolute Gasteiger partial charge is 0.234 e. The number of hydrogen-bond donors (Lipinski definition) is 0. The van der Waals surface area contributed by atoms with Crippen LogP contribution < -0.4 is 9.47 Å². The first-order valence-electron chi connectivity index (χ1n) is 8.79. The zero-order valence-electron chi connectivity index (χ0n) is 15.7. The van der Waals surface area contributed by atoms with Gasteiger partial charge in [0.15, 0.2) is 17.3 Å². The quantitative estimate of drug-likeness (QED) is 0.432. The van der Waals surface area contributed by atoms with E-state index < -0.39 is 0 Å². The van der Waals surface area contributed by atoms with Crippen LogP contribution in [-0.2, 0) is 17.9 Å². The van der Waals surface area contributed by atoms with Crippen molar-refractivity contribution in [2.24, 2.45) is 0 Å². The largest absolute Gasteiger partial charge is 0.493 e. The van der Waals surface area contributed by atoms with Gasteiger partial charge in [0.2, 0.25) is 4.96 Å². The Balaban J connectivity index is 1.45. The molecule has 0 atom stereocenters. The van der Waals surface area contributed by atoms with Crippen molar-refractivity contribution in [3.05, 3.63) is 70.5 Å². The molecule has 0 amide bonds. The second kappa shape index (κ2) is 8.62. The number of rotatable bonds is 8. The molecule has 0 fully saturated rings. The second-order valence-corrected chi connectivity index (χ2v) is 8.18. The van der Waals surface area contributed by atoms with Crippen LogP contribution in [-0.4, -0.2) is 34.0 Å². The van der Waals surface area contributed by atoms with Gasteiger partial charge in [-0.15, -0.1) is 22.0 Å². The molecule has 0 unspecified atom stereocenters. The maximum absolute atomic E-state index is 5.39. The fraction of sp³-hybridized carbons (Fsp3) is 0.250. The van der Waals surface area contributed by atoms with Gasteiger partial charge in [0, 0.05) is 12.2 Å². The molecule has 2 heterocycles. The van der Waals surface area contributed by atoms with Gasteiger partial charge >= 0.3 is 0 Å². The SMILES string of the molecule is COc1ccc(Cc2nn3c(CSCc4ccccc4)nnc3s2)cc1OC. The number of aromatic nitrogens is 4. The Labute approximate surface area is 171 Å². The minimum atomic E-state index is 0.713. The van der Waals surface area contributed by atoms with Crippen LogP contribution >= 0.6 is 23.1 Å². The molecule has 28 heavy (non-hydrogen) atoms. The Kier molecular flexibility index (Phi) is 5.78. The fourth-order valence-corrected chi connectivity index (χ4v) is 4.64. The molecule has 0 saturated heterocycles. The van der Waals surface area contributed by atoms with Crippen molar-refractivity contribution in [1.29, 1.82) is 0 Å². The standard InChI is InChI=1S/C20H20N4O2S2/c1-25-16-9-8-15(10-17(16)26-2)11-19-23-24-18(21-22-20(24)28-19)13-27-12-14-6-4-3-5-7-14/h3-10H,11-13H2,1-2H3. The molecule has 0 spiro atoms. The van der Waals surface area contributed by atoms with E-state index >= 15 is 0 Å². The van der Waals surface area contributed by atoms with Crippen LogP contribution in [0.15, 0.2) is 48.5 Å². The molecule has 4 aromatic rings. The zero-order chi connectivity index (χ0) is 19.3. The van der Waals surface area contributed by atoms with Gasteiger partial charge in [0.25, 0.3) is 0 Å². The van der Waals surface area contributed by atoms with E-state index in [4.69, 9.17) is 14.6 Å². The Morgan fingerprint density at radius 1 is 0.929 bits per heavy atom. The molecule has 0 saturated carbocycles. The molecule has 0 aliphatic heterocycles. The predicted octanol–water partition coefficient (Wildman–Crippen LogP) is 4.23. The van der Waals surface area contributed by atoms with Gasteiger partial charge in [-0.2, -0.15) is 9.61 Å². The van der Waals surface area contributed by atoms with Gasteiger partial charge < -0.3 is 9.47 Å². The maximum Gasteiger partial charge on any atom is 0.234 e. The summed E-state index contributed by atoms with van der Waals surface area (Å²) in [5, 5.41) is 14.3. The van der Waals surface area contributed by atoms with Crippen LogP contribution in [0.4, 0.5) is 0 Å². The molecule has 4 rings (SSSR count). The van der Waals surface area contributed by atoms with Crippen molar-refractivity contribution < 1.29 is 9.47 Å². The lowest BCUT2D eigenvalue weighted by Crippen LogP contribution is -1.97. The molecule has 0 N–H and O–H groups in total. The van der Waals surface area contributed by atoms with E-state index in [0.29, 0.717) is 6.42 Å². The van der Waals surface area contributed by atoms with Gasteiger partial charge in [0.1, 0.15) is 5.01 Å². The van der Waals surface area contributed by atoms with E-state index in [1.165, 1.54) is 5.56 Å². The minimum Gasteiger partial charge on any atom is -0.493 e. The number of fused-ring (bicyclic) bond motifs is 1. The number of benzene rings is 2. The summed E-state index contributed by atoms with van der Waals surface area (Å²) < 4.78 is 12.5. The minimum absolute atomic E-state index is 0.713. The highest BCUT2D eigenvalue weighted by Crippen LogP contribution is 2.29. The van der Waals surface area contributed by atoms with Crippen molar-refractivity contribution in [1.82, 2.24) is 19.8 Å². The molecule has 144 valence electrons. The molecular formula is C20H20N4O2S2. The Hall–Kier alpha value is -2.58. The highest BCUT2D eigenvalue weighted by molar-refractivity contribution is 7.97.